The van der Waals surface area contributed by atoms with Crippen LogP contribution in [0.1, 0.15) is 47.4 Å². The highest BCUT2D eigenvalue weighted by molar-refractivity contribution is 6.02. The van der Waals surface area contributed by atoms with Crippen LogP contribution in [0.15, 0.2) is 91.0 Å². The van der Waals surface area contributed by atoms with Gasteiger partial charge in [0.15, 0.2) is 0 Å². The molecule has 4 aromatic carbocycles. The van der Waals surface area contributed by atoms with Crippen molar-refractivity contribution >= 4 is 22.4 Å². The Balaban J connectivity index is 1.62. The van der Waals surface area contributed by atoms with Gasteiger partial charge in [-0.15, -0.1) is 0 Å². The summed E-state index contributed by atoms with van der Waals surface area (Å²) in [6.07, 6.45) is 1.65. The molecule has 0 aliphatic carbocycles. The molecular weight excluding hydrogens is 408 g/mol. The van der Waals surface area contributed by atoms with Crippen molar-refractivity contribution in [2.45, 2.75) is 32.5 Å². The summed E-state index contributed by atoms with van der Waals surface area (Å²) in [6.45, 7) is 3.30. The lowest BCUT2D eigenvalue weighted by Crippen LogP contribution is -2.43. The zero-order valence-electron chi connectivity index (χ0n) is 18.8. The van der Waals surface area contributed by atoms with Gasteiger partial charge in [-0.1, -0.05) is 86.1 Å². The lowest BCUT2D eigenvalue weighted by molar-refractivity contribution is 0.0679. The van der Waals surface area contributed by atoms with Crippen LogP contribution in [0, 0.1) is 0 Å². The molecule has 0 fully saturated rings. The van der Waals surface area contributed by atoms with Gasteiger partial charge in [0.05, 0.1) is 5.56 Å². The molecule has 1 unspecified atom stereocenters. The van der Waals surface area contributed by atoms with Gasteiger partial charge in [0.25, 0.3) is 5.91 Å². The van der Waals surface area contributed by atoms with E-state index in [-0.39, 0.29) is 12.1 Å². The zero-order valence-corrected chi connectivity index (χ0v) is 18.8. The van der Waals surface area contributed by atoms with Crippen LogP contribution in [-0.2, 0) is 6.61 Å². The average Bonchev–Trinajstić information content (AvgIpc) is 2.87. The van der Waals surface area contributed by atoms with E-state index in [9.17, 15) is 4.79 Å². The van der Waals surface area contributed by atoms with E-state index in [4.69, 9.17) is 4.74 Å². The standard InChI is InChI=1S/C29H28N2O2/c1-2-3-19-31-28(30-25-16-10-9-15-24(25)29(31)32)27-23-14-8-7-13-22(23)17-18-26(27)33-20-21-11-5-4-6-12-21/h4-18,28,30H,2-3,19-20H2,1H3. The molecule has 1 aliphatic rings. The van der Waals surface area contributed by atoms with Crippen molar-refractivity contribution in [1.82, 2.24) is 4.90 Å². The Morgan fingerprint density at radius 1 is 0.879 bits per heavy atom. The van der Waals surface area contributed by atoms with E-state index in [0.717, 1.165) is 51.7 Å². The Morgan fingerprint density at radius 2 is 1.64 bits per heavy atom. The van der Waals surface area contributed by atoms with Crippen LogP contribution in [0.25, 0.3) is 10.8 Å². The van der Waals surface area contributed by atoms with Gasteiger partial charge in [-0.05, 0) is 41.0 Å². The van der Waals surface area contributed by atoms with Crippen molar-refractivity contribution in [2.75, 3.05) is 11.9 Å². The Labute approximate surface area is 194 Å². The molecule has 0 radical (unpaired) electrons. The van der Waals surface area contributed by atoms with Gasteiger partial charge in [0.1, 0.15) is 18.5 Å². The summed E-state index contributed by atoms with van der Waals surface area (Å²) in [5, 5.41) is 5.88. The van der Waals surface area contributed by atoms with E-state index in [1.165, 1.54) is 0 Å². The molecule has 1 heterocycles. The van der Waals surface area contributed by atoms with Crippen molar-refractivity contribution in [3.8, 4) is 5.75 Å². The van der Waals surface area contributed by atoms with Gasteiger partial charge in [-0.25, -0.2) is 0 Å². The molecule has 33 heavy (non-hydrogen) atoms. The van der Waals surface area contributed by atoms with Crippen LogP contribution >= 0.6 is 0 Å². The SMILES string of the molecule is CCCCN1C(=O)c2ccccc2NC1c1c(OCc2ccccc2)ccc2ccccc12. The Bertz CT molecular complexity index is 1270. The number of hydrogen-bond donors (Lipinski definition) is 1. The number of unbranched alkanes of at least 4 members (excludes halogenated alkanes) is 1. The third kappa shape index (κ3) is 4.17. The van der Waals surface area contributed by atoms with Crippen molar-refractivity contribution in [1.29, 1.82) is 0 Å². The van der Waals surface area contributed by atoms with E-state index >= 15 is 0 Å². The maximum absolute atomic E-state index is 13.6. The molecule has 4 nitrogen and oxygen atoms in total. The molecule has 0 saturated heterocycles. The predicted octanol–water partition coefficient (Wildman–Crippen LogP) is 6.79. The smallest absolute Gasteiger partial charge is 0.257 e. The molecule has 1 aliphatic heterocycles. The molecule has 5 rings (SSSR count). The number of fused-ring (bicyclic) bond motifs is 2. The largest absolute Gasteiger partial charge is 0.488 e. The van der Waals surface area contributed by atoms with E-state index in [1.807, 2.05) is 65.6 Å². The van der Waals surface area contributed by atoms with E-state index in [2.05, 4.69) is 42.6 Å². The maximum atomic E-state index is 13.6. The number of para-hydroxylation sites is 1. The van der Waals surface area contributed by atoms with E-state index in [0.29, 0.717) is 13.2 Å². The fourth-order valence-electron chi connectivity index (χ4n) is 4.50. The number of nitrogens with one attached hydrogen (secondary N) is 1. The van der Waals surface area contributed by atoms with Crippen LogP contribution in [-0.4, -0.2) is 17.4 Å². The van der Waals surface area contributed by atoms with E-state index in [1.54, 1.807) is 0 Å². The zero-order chi connectivity index (χ0) is 22.6. The highest BCUT2D eigenvalue weighted by Crippen LogP contribution is 2.41. The van der Waals surface area contributed by atoms with Crippen molar-refractivity contribution in [2.24, 2.45) is 0 Å². The Kier molecular flexibility index (Phi) is 5.99. The van der Waals surface area contributed by atoms with Crippen LogP contribution in [0.4, 0.5) is 5.69 Å². The Hall–Kier alpha value is -3.79. The number of ether oxygens (including phenoxy) is 1. The monoisotopic (exact) mass is 436 g/mol. The molecular formula is C29H28N2O2. The quantitative estimate of drug-likeness (QED) is 0.347. The molecule has 4 heteroatoms. The minimum absolute atomic E-state index is 0.0599. The summed E-state index contributed by atoms with van der Waals surface area (Å²) in [5.41, 5.74) is 3.69. The first-order valence-electron chi connectivity index (χ1n) is 11.6. The molecule has 0 aromatic heterocycles. The van der Waals surface area contributed by atoms with Gasteiger partial charge in [0, 0.05) is 17.8 Å². The van der Waals surface area contributed by atoms with Crippen LogP contribution in [0.2, 0.25) is 0 Å². The summed E-state index contributed by atoms with van der Waals surface area (Å²) in [4.78, 5) is 15.5. The fraction of sp³-hybridized carbons (Fsp3) is 0.207. The molecule has 1 amide bonds. The third-order valence-corrected chi connectivity index (χ3v) is 6.22. The van der Waals surface area contributed by atoms with Gasteiger partial charge >= 0.3 is 0 Å². The predicted molar refractivity (Wildman–Crippen MR) is 133 cm³/mol. The fourth-order valence-corrected chi connectivity index (χ4v) is 4.50. The molecule has 4 aromatic rings. The first-order chi connectivity index (χ1) is 16.3. The molecule has 1 N–H and O–H groups in total. The average molecular weight is 437 g/mol. The first kappa shape index (κ1) is 21.1. The summed E-state index contributed by atoms with van der Waals surface area (Å²) in [7, 11) is 0. The summed E-state index contributed by atoms with van der Waals surface area (Å²) >= 11 is 0. The molecule has 0 bridgehead atoms. The molecule has 0 spiro atoms. The van der Waals surface area contributed by atoms with Crippen LogP contribution < -0.4 is 10.1 Å². The van der Waals surface area contributed by atoms with Crippen molar-refractivity contribution in [3.05, 3.63) is 108 Å². The van der Waals surface area contributed by atoms with Gasteiger partial charge in [-0.3, -0.25) is 4.79 Å². The number of nitrogens with zero attached hydrogens (tertiary/aromatic N) is 1. The number of hydrogen-bond acceptors (Lipinski definition) is 3. The summed E-state index contributed by atoms with van der Waals surface area (Å²) in [5.74, 6) is 0.855. The van der Waals surface area contributed by atoms with Gasteiger partial charge in [-0.2, -0.15) is 0 Å². The topological polar surface area (TPSA) is 41.6 Å². The molecule has 166 valence electrons. The highest BCUT2D eigenvalue weighted by atomic mass is 16.5. The van der Waals surface area contributed by atoms with Crippen molar-refractivity contribution in [3.63, 3.8) is 0 Å². The lowest BCUT2D eigenvalue weighted by atomic mass is 9.97. The highest BCUT2D eigenvalue weighted by Gasteiger charge is 2.35. The molecule has 0 saturated carbocycles. The number of carbonyl (C=O) groups is 1. The Morgan fingerprint density at radius 3 is 2.48 bits per heavy atom. The second-order valence-electron chi connectivity index (χ2n) is 8.42. The molecule has 1 atom stereocenters. The third-order valence-electron chi connectivity index (χ3n) is 6.22. The number of amides is 1. The summed E-state index contributed by atoms with van der Waals surface area (Å²) in [6, 6.07) is 30.4. The second kappa shape index (κ2) is 9.37. The van der Waals surface area contributed by atoms with Crippen molar-refractivity contribution < 1.29 is 9.53 Å². The first-order valence-corrected chi connectivity index (χ1v) is 11.6. The van der Waals surface area contributed by atoms with Crippen LogP contribution in [0.3, 0.4) is 0 Å². The number of carbonyl (C=O) groups excluding carboxylic acids is 1. The normalized spacial score (nSPS) is 15.2. The minimum Gasteiger partial charge on any atom is -0.488 e. The number of rotatable bonds is 7. The van der Waals surface area contributed by atoms with Crippen LogP contribution in [0.5, 0.6) is 5.75 Å². The minimum atomic E-state index is -0.309. The lowest BCUT2D eigenvalue weighted by Gasteiger charge is -2.39. The van der Waals surface area contributed by atoms with Gasteiger partial charge < -0.3 is 15.0 Å². The van der Waals surface area contributed by atoms with Gasteiger partial charge in [0.2, 0.25) is 0 Å². The maximum Gasteiger partial charge on any atom is 0.257 e. The summed E-state index contributed by atoms with van der Waals surface area (Å²) < 4.78 is 6.38. The number of benzene rings is 4. The number of anilines is 1. The second-order valence-corrected chi connectivity index (χ2v) is 8.42. The van der Waals surface area contributed by atoms with E-state index < -0.39 is 0 Å².